The van der Waals surface area contributed by atoms with Crippen LogP contribution in [0.25, 0.3) is 11.4 Å². The second-order valence-corrected chi connectivity index (χ2v) is 6.42. The molecule has 7 nitrogen and oxygen atoms in total. The number of benzene rings is 1. The maximum Gasteiger partial charge on any atom is 0.230 e. The van der Waals surface area contributed by atoms with Crippen molar-refractivity contribution in [2.24, 2.45) is 5.41 Å². The zero-order valence-electron chi connectivity index (χ0n) is 14.1. The first-order chi connectivity index (χ1) is 11.7. The van der Waals surface area contributed by atoms with Gasteiger partial charge in [0.1, 0.15) is 0 Å². The molecule has 0 bridgehead atoms. The highest BCUT2D eigenvalue weighted by molar-refractivity contribution is 5.66. The van der Waals surface area contributed by atoms with E-state index >= 15 is 0 Å². The molecule has 2 atom stereocenters. The zero-order chi connectivity index (χ0) is 16.7. The Kier molecular flexibility index (Phi) is 3.60. The Morgan fingerprint density at radius 1 is 1.17 bits per heavy atom. The number of methoxy groups -OCH3 is 3. The van der Waals surface area contributed by atoms with Gasteiger partial charge < -0.3 is 24.1 Å². The molecule has 2 fully saturated rings. The van der Waals surface area contributed by atoms with Gasteiger partial charge in [0.15, 0.2) is 11.5 Å². The van der Waals surface area contributed by atoms with Crippen LogP contribution in [-0.2, 0) is 0 Å². The van der Waals surface area contributed by atoms with Crippen LogP contribution in [0.1, 0.15) is 24.7 Å². The summed E-state index contributed by atoms with van der Waals surface area (Å²) in [6, 6.07) is 3.66. The van der Waals surface area contributed by atoms with E-state index in [4.69, 9.17) is 18.7 Å². The Morgan fingerprint density at radius 3 is 2.50 bits per heavy atom. The highest BCUT2D eigenvalue weighted by Gasteiger charge is 2.58. The average molecular weight is 331 g/mol. The first-order valence-corrected chi connectivity index (χ1v) is 8.05. The Labute approximate surface area is 140 Å². The fraction of sp³-hybridized carbons (Fsp3) is 0.529. The Bertz CT molecular complexity index is 727. The third-order valence-corrected chi connectivity index (χ3v) is 5.13. The van der Waals surface area contributed by atoms with Crippen molar-refractivity contribution in [2.45, 2.75) is 18.8 Å². The number of hydrogen-bond donors (Lipinski definition) is 1. The predicted molar refractivity (Wildman–Crippen MR) is 86.7 cm³/mol. The number of nitrogens with one attached hydrogen (secondary N) is 1. The lowest BCUT2D eigenvalue weighted by Gasteiger charge is -2.12. The fourth-order valence-electron chi connectivity index (χ4n) is 3.64. The quantitative estimate of drug-likeness (QED) is 0.900. The van der Waals surface area contributed by atoms with Crippen LogP contribution in [0, 0.1) is 5.41 Å². The van der Waals surface area contributed by atoms with Crippen LogP contribution in [-0.4, -0.2) is 44.6 Å². The first-order valence-electron chi connectivity index (χ1n) is 8.05. The van der Waals surface area contributed by atoms with E-state index in [0.717, 1.165) is 31.0 Å². The van der Waals surface area contributed by atoms with Crippen molar-refractivity contribution in [2.75, 3.05) is 34.4 Å². The van der Waals surface area contributed by atoms with Gasteiger partial charge in [0.25, 0.3) is 0 Å². The van der Waals surface area contributed by atoms with Gasteiger partial charge in [-0.15, -0.1) is 0 Å². The SMILES string of the molecule is COc1cc(-c2noc(C3CC34CCNC4)n2)cc(OC)c1OC. The van der Waals surface area contributed by atoms with Gasteiger partial charge in [-0.1, -0.05) is 5.16 Å². The molecule has 1 aliphatic heterocycles. The van der Waals surface area contributed by atoms with Crippen molar-refractivity contribution in [3.63, 3.8) is 0 Å². The van der Waals surface area contributed by atoms with Crippen molar-refractivity contribution >= 4 is 0 Å². The molecule has 1 saturated carbocycles. The van der Waals surface area contributed by atoms with Crippen LogP contribution >= 0.6 is 0 Å². The molecule has 1 aliphatic carbocycles. The van der Waals surface area contributed by atoms with Gasteiger partial charge >= 0.3 is 0 Å². The van der Waals surface area contributed by atoms with Gasteiger partial charge in [-0.25, -0.2) is 0 Å². The molecule has 1 aromatic heterocycles. The highest BCUT2D eigenvalue weighted by atomic mass is 16.5. The van der Waals surface area contributed by atoms with Crippen molar-refractivity contribution in [1.82, 2.24) is 15.5 Å². The van der Waals surface area contributed by atoms with Gasteiger partial charge in [0.2, 0.25) is 17.5 Å². The largest absolute Gasteiger partial charge is 0.493 e. The number of ether oxygens (including phenoxy) is 3. The molecule has 128 valence electrons. The predicted octanol–water partition coefficient (Wildman–Crippen LogP) is 2.23. The van der Waals surface area contributed by atoms with E-state index in [-0.39, 0.29) is 0 Å². The topological polar surface area (TPSA) is 78.6 Å². The summed E-state index contributed by atoms with van der Waals surface area (Å²) in [7, 11) is 4.75. The molecule has 2 aromatic rings. The summed E-state index contributed by atoms with van der Waals surface area (Å²) in [5, 5.41) is 7.57. The molecule has 1 aromatic carbocycles. The van der Waals surface area contributed by atoms with Gasteiger partial charge in [-0.05, 0) is 36.9 Å². The first kappa shape index (κ1) is 15.3. The number of nitrogens with zero attached hydrogens (tertiary/aromatic N) is 2. The third kappa shape index (κ3) is 2.31. The normalized spacial score (nSPS) is 25.0. The van der Waals surface area contributed by atoms with E-state index in [2.05, 4.69) is 15.5 Å². The zero-order valence-corrected chi connectivity index (χ0v) is 14.1. The van der Waals surface area contributed by atoms with Gasteiger partial charge in [-0.2, -0.15) is 4.98 Å². The summed E-state index contributed by atoms with van der Waals surface area (Å²) in [5.74, 6) is 3.32. The Morgan fingerprint density at radius 2 is 1.92 bits per heavy atom. The summed E-state index contributed by atoms with van der Waals surface area (Å²) in [6.45, 7) is 2.12. The van der Waals surface area contributed by atoms with Crippen molar-refractivity contribution in [1.29, 1.82) is 0 Å². The van der Waals surface area contributed by atoms with E-state index in [0.29, 0.717) is 34.4 Å². The molecular weight excluding hydrogens is 310 g/mol. The minimum absolute atomic E-state index is 0.332. The fourth-order valence-corrected chi connectivity index (χ4v) is 3.64. The molecule has 0 radical (unpaired) electrons. The lowest BCUT2D eigenvalue weighted by Crippen LogP contribution is -2.10. The standard InChI is InChI=1S/C17H21N3O4/c1-21-12-6-10(7-13(22-2)14(12)23-3)15-19-16(24-20-15)11-8-17(11)4-5-18-9-17/h6-7,11,18H,4-5,8-9H2,1-3H3. The van der Waals surface area contributed by atoms with Crippen LogP contribution in [0.2, 0.25) is 0 Å². The van der Waals surface area contributed by atoms with Gasteiger partial charge in [0, 0.05) is 18.0 Å². The molecule has 2 unspecified atom stereocenters. The monoisotopic (exact) mass is 331 g/mol. The second-order valence-electron chi connectivity index (χ2n) is 6.42. The van der Waals surface area contributed by atoms with Crippen LogP contribution in [0.3, 0.4) is 0 Å². The summed E-state index contributed by atoms with van der Waals surface area (Å²) < 4.78 is 21.6. The molecule has 2 aliphatic rings. The van der Waals surface area contributed by atoms with Crippen molar-refractivity contribution < 1.29 is 18.7 Å². The van der Waals surface area contributed by atoms with E-state index in [9.17, 15) is 0 Å². The van der Waals surface area contributed by atoms with Crippen LogP contribution in [0.15, 0.2) is 16.7 Å². The Hall–Kier alpha value is -2.28. The van der Waals surface area contributed by atoms with E-state index in [1.807, 2.05) is 12.1 Å². The summed E-state index contributed by atoms with van der Waals surface area (Å²) in [6.07, 6.45) is 2.30. The summed E-state index contributed by atoms with van der Waals surface area (Å²) in [5.41, 5.74) is 1.11. The molecule has 1 spiro atoms. The van der Waals surface area contributed by atoms with Gasteiger partial charge in [0.05, 0.1) is 21.3 Å². The number of hydrogen-bond acceptors (Lipinski definition) is 7. The van der Waals surface area contributed by atoms with Gasteiger partial charge in [-0.3, -0.25) is 0 Å². The minimum Gasteiger partial charge on any atom is -0.493 e. The highest BCUT2D eigenvalue weighted by Crippen LogP contribution is 2.62. The molecule has 1 saturated heterocycles. The molecule has 7 heteroatoms. The molecule has 1 N–H and O–H groups in total. The van der Waals surface area contributed by atoms with Crippen molar-refractivity contribution in [3.05, 3.63) is 18.0 Å². The lowest BCUT2D eigenvalue weighted by molar-refractivity contribution is 0.324. The second kappa shape index (κ2) is 5.66. The molecule has 4 rings (SSSR count). The third-order valence-electron chi connectivity index (χ3n) is 5.13. The lowest BCUT2D eigenvalue weighted by atomic mass is 10.0. The minimum atomic E-state index is 0.332. The van der Waals surface area contributed by atoms with E-state index < -0.39 is 0 Å². The molecular formula is C17H21N3O4. The van der Waals surface area contributed by atoms with E-state index in [1.165, 1.54) is 6.42 Å². The number of aromatic nitrogens is 2. The Balaban J connectivity index is 1.65. The molecule has 24 heavy (non-hydrogen) atoms. The number of rotatable bonds is 5. The summed E-state index contributed by atoms with van der Waals surface area (Å²) in [4.78, 5) is 4.61. The molecule has 2 heterocycles. The summed E-state index contributed by atoms with van der Waals surface area (Å²) >= 11 is 0. The molecule has 0 amide bonds. The average Bonchev–Trinajstić information content (AvgIpc) is 2.97. The van der Waals surface area contributed by atoms with Crippen LogP contribution in [0.5, 0.6) is 17.2 Å². The van der Waals surface area contributed by atoms with Crippen LogP contribution in [0.4, 0.5) is 0 Å². The maximum absolute atomic E-state index is 5.53. The van der Waals surface area contributed by atoms with Crippen molar-refractivity contribution in [3.8, 4) is 28.6 Å². The smallest absolute Gasteiger partial charge is 0.230 e. The maximum atomic E-state index is 5.53. The van der Waals surface area contributed by atoms with E-state index in [1.54, 1.807) is 21.3 Å². The van der Waals surface area contributed by atoms with Crippen LogP contribution < -0.4 is 19.5 Å².